The summed E-state index contributed by atoms with van der Waals surface area (Å²) in [5.74, 6) is 0.645. The lowest BCUT2D eigenvalue weighted by atomic mass is 10.1. The van der Waals surface area contributed by atoms with Crippen LogP contribution in [0.15, 0.2) is 42.4 Å². The molecule has 0 atom stereocenters. The monoisotopic (exact) mass is 253 g/mol. The molecule has 0 amide bonds. The molecule has 0 unspecified atom stereocenters. The summed E-state index contributed by atoms with van der Waals surface area (Å²) in [4.78, 5) is 16.1. The second-order valence-electron chi connectivity index (χ2n) is 4.31. The van der Waals surface area contributed by atoms with Gasteiger partial charge in [-0.15, -0.1) is 0 Å². The SMILES string of the molecule is Cc1c(O)ccc2c1OC(=Cc1ccncc1)C2=O. The van der Waals surface area contributed by atoms with Crippen LogP contribution in [0.2, 0.25) is 0 Å². The number of ether oxygens (including phenoxy) is 1. The van der Waals surface area contributed by atoms with Gasteiger partial charge in [0, 0.05) is 18.0 Å². The van der Waals surface area contributed by atoms with Gasteiger partial charge in [-0.2, -0.15) is 0 Å². The van der Waals surface area contributed by atoms with E-state index in [9.17, 15) is 9.90 Å². The van der Waals surface area contributed by atoms with E-state index in [1.54, 1.807) is 43.6 Å². The molecule has 4 heteroatoms. The van der Waals surface area contributed by atoms with Crippen LogP contribution in [0.3, 0.4) is 0 Å². The first-order valence-electron chi connectivity index (χ1n) is 5.83. The molecule has 1 aliphatic heterocycles. The van der Waals surface area contributed by atoms with E-state index in [0.717, 1.165) is 5.56 Å². The van der Waals surface area contributed by atoms with E-state index >= 15 is 0 Å². The van der Waals surface area contributed by atoms with Crippen molar-refractivity contribution in [3.05, 3.63) is 59.1 Å². The van der Waals surface area contributed by atoms with Crippen molar-refractivity contribution < 1.29 is 14.6 Å². The Labute approximate surface area is 110 Å². The van der Waals surface area contributed by atoms with Crippen molar-refractivity contribution in [1.82, 2.24) is 4.98 Å². The summed E-state index contributed by atoms with van der Waals surface area (Å²) in [6, 6.07) is 6.66. The Balaban J connectivity index is 2.05. The fraction of sp³-hybridized carbons (Fsp3) is 0.0667. The second-order valence-corrected chi connectivity index (χ2v) is 4.31. The first-order chi connectivity index (χ1) is 9.16. The van der Waals surface area contributed by atoms with E-state index < -0.39 is 0 Å². The van der Waals surface area contributed by atoms with Crippen LogP contribution in [0, 0.1) is 6.92 Å². The molecule has 0 saturated carbocycles. The fourth-order valence-corrected chi connectivity index (χ4v) is 1.99. The predicted molar refractivity (Wildman–Crippen MR) is 70.0 cm³/mol. The van der Waals surface area contributed by atoms with E-state index in [1.165, 1.54) is 6.07 Å². The Kier molecular flexibility index (Phi) is 2.56. The molecule has 1 N–H and O–H groups in total. The molecule has 0 radical (unpaired) electrons. The predicted octanol–water partition coefficient (Wildman–Crippen LogP) is 2.71. The number of benzene rings is 1. The van der Waals surface area contributed by atoms with Crippen LogP contribution >= 0.6 is 0 Å². The zero-order valence-corrected chi connectivity index (χ0v) is 10.3. The molecule has 0 bridgehead atoms. The number of pyridine rings is 1. The second kappa shape index (κ2) is 4.24. The summed E-state index contributed by atoms with van der Waals surface area (Å²) in [6.07, 6.45) is 4.96. The number of fused-ring (bicyclic) bond motifs is 1. The lowest BCUT2D eigenvalue weighted by Gasteiger charge is -2.03. The smallest absolute Gasteiger partial charge is 0.231 e. The van der Waals surface area contributed by atoms with Crippen LogP contribution < -0.4 is 4.74 Å². The normalized spacial score (nSPS) is 15.4. The minimum Gasteiger partial charge on any atom is -0.508 e. The van der Waals surface area contributed by atoms with Gasteiger partial charge < -0.3 is 9.84 Å². The van der Waals surface area contributed by atoms with Crippen molar-refractivity contribution in [2.75, 3.05) is 0 Å². The third-order valence-electron chi connectivity index (χ3n) is 3.06. The summed E-state index contributed by atoms with van der Waals surface area (Å²) in [6.45, 7) is 1.72. The summed E-state index contributed by atoms with van der Waals surface area (Å²) >= 11 is 0. The van der Waals surface area contributed by atoms with E-state index in [2.05, 4.69) is 4.98 Å². The maximum atomic E-state index is 12.2. The van der Waals surface area contributed by atoms with Crippen LogP contribution in [0.25, 0.3) is 6.08 Å². The molecule has 1 aromatic carbocycles. The van der Waals surface area contributed by atoms with Gasteiger partial charge in [0.05, 0.1) is 5.56 Å². The average molecular weight is 253 g/mol. The number of nitrogens with zero attached hydrogens (tertiary/aromatic N) is 1. The van der Waals surface area contributed by atoms with Crippen LogP contribution in [0.4, 0.5) is 0 Å². The third-order valence-corrected chi connectivity index (χ3v) is 3.06. The lowest BCUT2D eigenvalue weighted by molar-refractivity contribution is 0.101. The van der Waals surface area contributed by atoms with Gasteiger partial charge in [-0.3, -0.25) is 9.78 Å². The number of Topliss-reactive ketones (excluding diaryl/α,β-unsaturated/α-hetero) is 1. The molecular weight excluding hydrogens is 242 g/mol. The highest BCUT2D eigenvalue weighted by atomic mass is 16.5. The number of ketones is 1. The van der Waals surface area contributed by atoms with E-state index in [0.29, 0.717) is 16.9 Å². The van der Waals surface area contributed by atoms with Gasteiger partial charge in [0.25, 0.3) is 0 Å². The number of phenols is 1. The molecule has 1 aromatic heterocycles. The first kappa shape index (κ1) is 11.5. The minimum atomic E-state index is -0.171. The Hall–Kier alpha value is -2.62. The van der Waals surface area contributed by atoms with E-state index in [-0.39, 0.29) is 17.3 Å². The van der Waals surface area contributed by atoms with Crippen molar-refractivity contribution in [2.45, 2.75) is 6.92 Å². The zero-order valence-electron chi connectivity index (χ0n) is 10.3. The van der Waals surface area contributed by atoms with Crippen molar-refractivity contribution in [1.29, 1.82) is 0 Å². The molecule has 0 aliphatic carbocycles. The van der Waals surface area contributed by atoms with Crippen molar-refractivity contribution >= 4 is 11.9 Å². The number of aromatic hydroxyl groups is 1. The first-order valence-corrected chi connectivity index (χ1v) is 5.83. The number of hydrogen-bond donors (Lipinski definition) is 1. The average Bonchev–Trinajstić information content (AvgIpc) is 2.73. The molecule has 1 aliphatic rings. The van der Waals surface area contributed by atoms with Gasteiger partial charge >= 0.3 is 0 Å². The number of phenolic OH excluding ortho intramolecular Hbond substituents is 1. The Bertz CT molecular complexity index is 690. The van der Waals surface area contributed by atoms with Crippen LogP contribution in [-0.2, 0) is 0 Å². The van der Waals surface area contributed by atoms with Gasteiger partial charge in [0.15, 0.2) is 5.76 Å². The van der Waals surface area contributed by atoms with Crippen LogP contribution in [0.5, 0.6) is 11.5 Å². The molecule has 19 heavy (non-hydrogen) atoms. The summed E-state index contributed by atoms with van der Waals surface area (Å²) in [5, 5.41) is 9.63. The van der Waals surface area contributed by atoms with Gasteiger partial charge in [-0.05, 0) is 42.8 Å². The van der Waals surface area contributed by atoms with Gasteiger partial charge in [0.1, 0.15) is 11.5 Å². The molecule has 0 saturated heterocycles. The molecule has 2 aromatic rings. The maximum Gasteiger partial charge on any atom is 0.231 e. The minimum absolute atomic E-state index is 0.122. The number of carbonyl (C=O) groups is 1. The zero-order chi connectivity index (χ0) is 13.4. The van der Waals surface area contributed by atoms with Gasteiger partial charge in [-0.25, -0.2) is 0 Å². The maximum absolute atomic E-state index is 12.2. The summed E-state index contributed by atoms with van der Waals surface area (Å²) in [7, 11) is 0. The summed E-state index contributed by atoms with van der Waals surface area (Å²) < 4.78 is 5.57. The quantitative estimate of drug-likeness (QED) is 0.794. The largest absolute Gasteiger partial charge is 0.508 e. The highest BCUT2D eigenvalue weighted by Gasteiger charge is 2.29. The van der Waals surface area contributed by atoms with Crippen LogP contribution in [-0.4, -0.2) is 15.9 Å². The third kappa shape index (κ3) is 1.87. The lowest BCUT2D eigenvalue weighted by Crippen LogP contribution is -1.97. The number of carbonyl (C=O) groups excluding carboxylic acids is 1. The van der Waals surface area contributed by atoms with Crippen LogP contribution in [0.1, 0.15) is 21.5 Å². The van der Waals surface area contributed by atoms with E-state index in [1.807, 2.05) is 0 Å². The molecular formula is C15H11NO3. The molecule has 4 nitrogen and oxygen atoms in total. The van der Waals surface area contributed by atoms with Crippen molar-refractivity contribution in [2.24, 2.45) is 0 Å². The van der Waals surface area contributed by atoms with Crippen molar-refractivity contribution in [3.8, 4) is 11.5 Å². The molecule has 0 fully saturated rings. The fourth-order valence-electron chi connectivity index (χ4n) is 1.99. The Morgan fingerprint density at radius 3 is 2.68 bits per heavy atom. The molecule has 2 heterocycles. The van der Waals surface area contributed by atoms with Crippen molar-refractivity contribution in [3.63, 3.8) is 0 Å². The number of aromatic nitrogens is 1. The highest BCUT2D eigenvalue weighted by Crippen LogP contribution is 2.38. The number of rotatable bonds is 1. The van der Waals surface area contributed by atoms with Gasteiger partial charge in [0.2, 0.25) is 5.78 Å². The number of hydrogen-bond acceptors (Lipinski definition) is 4. The number of allylic oxidation sites excluding steroid dienone is 1. The molecule has 3 rings (SSSR count). The Morgan fingerprint density at radius 2 is 1.95 bits per heavy atom. The Morgan fingerprint density at radius 1 is 1.21 bits per heavy atom. The van der Waals surface area contributed by atoms with Gasteiger partial charge in [-0.1, -0.05) is 0 Å². The summed E-state index contributed by atoms with van der Waals surface area (Å²) in [5.41, 5.74) is 1.90. The standard InChI is InChI=1S/C15H11NO3/c1-9-12(17)3-2-11-14(18)13(19-15(9)11)8-10-4-6-16-7-5-10/h2-8,17H,1H3. The topological polar surface area (TPSA) is 59.4 Å². The molecule has 0 spiro atoms. The van der Waals surface area contributed by atoms with E-state index in [4.69, 9.17) is 4.74 Å². The molecule has 94 valence electrons. The highest BCUT2D eigenvalue weighted by molar-refractivity contribution is 6.14.